The van der Waals surface area contributed by atoms with Gasteiger partial charge in [-0.1, -0.05) is 17.7 Å². The van der Waals surface area contributed by atoms with Crippen molar-refractivity contribution < 1.29 is 9.13 Å². The molecule has 2 rings (SSSR count). The molecule has 0 heterocycles. The van der Waals surface area contributed by atoms with Crippen molar-refractivity contribution in [1.29, 1.82) is 0 Å². The van der Waals surface area contributed by atoms with Gasteiger partial charge >= 0.3 is 0 Å². The summed E-state index contributed by atoms with van der Waals surface area (Å²) in [5.41, 5.74) is 1.01. The molecule has 1 aromatic rings. The van der Waals surface area contributed by atoms with Crippen LogP contribution in [0.4, 0.5) is 4.39 Å². The van der Waals surface area contributed by atoms with Crippen molar-refractivity contribution in [2.24, 2.45) is 0 Å². The van der Waals surface area contributed by atoms with E-state index in [1.807, 2.05) is 0 Å². The van der Waals surface area contributed by atoms with Crippen LogP contribution in [0, 0.1) is 5.82 Å². The zero-order valence-corrected chi connectivity index (χ0v) is 10.7. The van der Waals surface area contributed by atoms with E-state index in [0.717, 1.165) is 24.9 Å². The van der Waals surface area contributed by atoms with E-state index in [2.05, 4.69) is 5.32 Å². The molecular formula is C13H17ClFNO. The Hall–Kier alpha value is -0.640. The highest BCUT2D eigenvalue weighted by molar-refractivity contribution is 6.30. The molecule has 0 radical (unpaired) electrons. The molecule has 0 amide bonds. The molecule has 17 heavy (non-hydrogen) atoms. The van der Waals surface area contributed by atoms with Crippen molar-refractivity contribution in [1.82, 2.24) is 5.32 Å². The van der Waals surface area contributed by atoms with E-state index >= 15 is 0 Å². The highest BCUT2D eigenvalue weighted by Gasteiger charge is 2.36. The Balaban J connectivity index is 1.83. The maximum atomic E-state index is 13.0. The molecule has 2 nitrogen and oxygen atoms in total. The molecule has 0 saturated heterocycles. The van der Waals surface area contributed by atoms with E-state index in [0.29, 0.717) is 6.54 Å². The number of hydrogen-bond donors (Lipinski definition) is 1. The lowest BCUT2D eigenvalue weighted by molar-refractivity contribution is -0.0695. The number of rotatable bonds is 5. The Bertz CT molecular complexity index is 387. The Labute approximate surface area is 106 Å². The third-order valence-electron chi connectivity index (χ3n) is 3.46. The molecule has 0 unspecified atom stereocenters. The molecule has 0 aliphatic heterocycles. The predicted molar refractivity (Wildman–Crippen MR) is 66.7 cm³/mol. The standard InChI is InChI=1S/C13H17ClFNO/c1-17-13(5-2-6-13)9-16-8-10-3-4-12(15)11(14)7-10/h3-4,7,16H,2,5-6,8-9H2,1H3. The van der Waals surface area contributed by atoms with Crippen molar-refractivity contribution in [3.63, 3.8) is 0 Å². The van der Waals surface area contributed by atoms with Crippen molar-refractivity contribution in [3.05, 3.63) is 34.6 Å². The van der Waals surface area contributed by atoms with Crippen LogP contribution in [0.5, 0.6) is 0 Å². The number of halogens is 2. The molecule has 94 valence electrons. The SMILES string of the molecule is COC1(CNCc2ccc(F)c(Cl)c2)CCC1. The van der Waals surface area contributed by atoms with Gasteiger partial charge in [-0.2, -0.15) is 0 Å². The van der Waals surface area contributed by atoms with Gasteiger partial charge in [0.2, 0.25) is 0 Å². The van der Waals surface area contributed by atoms with Crippen LogP contribution in [0.3, 0.4) is 0 Å². The fraction of sp³-hybridized carbons (Fsp3) is 0.538. The average molecular weight is 258 g/mol. The maximum absolute atomic E-state index is 13.0. The monoisotopic (exact) mass is 257 g/mol. The second-order valence-corrected chi connectivity index (χ2v) is 5.00. The van der Waals surface area contributed by atoms with E-state index in [-0.39, 0.29) is 16.4 Å². The van der Waals surface area contributed by atoms with Crippen molar-refractivity contribution >= 4 is 11.6 Å². The molecule has 0 atom stereocenters. The number of nitrogens with one attached hydrogen (secondary N) is 1. The summed E-state index contributed by atoms with van der Waals surface area (Å²) in [6, 6.07) is 4.80. The molecule has 0 spiro atoms. The van der Waals surface area contributed by atoms with Gasteiger partial charge in [-0.05, 0) is 37.0 Å². The molecular weight excluding hydrogens is 241 g/mol. The Kier molecular flexibility index (Phi) is 4.02. The maximum Gasteiger partial charge on any atom is 0.141 e. The number of hydrogen-bond acceptors (Lipinski definition) is 2. The minimum absolute atomic E-state index is 0.0177. The third kappa shape index (κ3) is 2.97. The number of benzene rings is 1. The van der Waals surface area contributed by atoms with E-state index in [4.69, 9.17) is 16.3 Å². The zero-order valence-electron chi connectivity index (χ0n) is 9.93. The van der Waals surface area contributed by atoms with Crippen LogP contribution in [0.25, 0.3) is 0 Å². The summed E-state index contributed by atoms with van der Waals surface area (Å²) in [7, 11) is 1.76. The smallest absolute Gasteiger partial charge is 0.141 e. The largest absolute Gasteiger partial charge is 0.377 e. The van der Waals surface area contributed by atoms with Gasteiger partial charge in [-0.25, -0.2) is 4.39 Å². The molecule has 0 aromatic heterocycles. The van der Waals surface area contributed by atoms with Gasteiger partial charge in [0.25, 0.3) is 0 Å². The number of methoxy groups -OCH3 is 1. The van der Waals surface area contributed by atoms with Crippen LogP contribution in [0.15, 0.2) is 18.2 Å². The van der Waals surface area contributed by atoms with Crippen LogP contribution >= 0.6 is 11.6 Å². The van der Waals surface area contributed by atoms with Gasteiger partial charge < -0.3 is 10.1 Å². The Morgan fingerprint density at radius 1 is 1.47 bits per heavy atom. The molecule has 1 aliphatic carbocycles. The molecule has 1 N–H and O–H groups in total. The van der Waals surface area contributed by atoms with Gasteiger partial charge in [0.15, 0.2) is 0 Å². The summed E-state index contributed by atoms with van der Waals surface area (Å²) in [6.45, 7) is 1.52. The average Bonchev–Trinajstić information content (AvgIpc) is 2.27. The highest BCUT2D eigenvalue weighted by Crippen LogP contribution is 2.34. The third-order valence-corrected chi connectivity index (χ3v) is 3.75. The predicted octanol–water partition coefficient (Wildman–Crippen LogP) is 3.14. The van der Waals surface area contributed by atoms with Crippen LogP contribution in [0.2, 0.25) is 5.02 Å². The lowest BCUT2D eigenvalue weighted by Crippen LogP contribution is -2.47. The summed E-state index contributed by atoms with van der Waals surface area (Å²) in [4.78, 5) is 0. The molecule has 1 aromatic carbocycles. The topological polar surface area (TPSA) is 21.3 Å². The van der Waals surface area contributed by atoms with Crippen LogP contribution < -0.4 is 5.32 Å². The lowest BCUT2D eigenvalue weighted by atomic mass is 9.80. The zero-order chi connectivity index (χ0) is 12.3. The normalized spacial score (nSPS) is 17.8. The van der Waals surface area contributed by atoms with Crippen molar-refractivity contribution in [3.8, 4) is 0 Å². The summed E-state index contributed by atoms with van der Waals surface area (Å²) < 4.78 is 18.5. The van der Waals surface area contributed by atoms with E-state index in [1.54, 1.807) is 19.2 Å². The Morgan fingerprint density at radius 3 is 2.76 bits per heavy atom. The van der Waals surface area contributed by atoms with Crippen LogP contribution in [-0.4, -0.2) is 19.3 Å². The van der Waals surface area contributed by atoms with Gasteiger partial charge in [0.05, 0.1) is 10.6 Å². The fourth-order valence-electron chi connectivity index (χ4n) is 2.11. The molecule has 1 fully saturated rings. The highest BCUT2D eigenvalue weighted by atomic mass is 35.5. The van der Waals surface area contributed by atoms with Crippen molar-refractivity contribution in [2.75, 3.05) is 13.7 Å². The first kappa shape index (κ1) is 12.8. The van der Waals surface area contributed by atoms with Crippen LogP contribution in [0.1, 0.15) is 24.8 Å². The molecule has 1 saturated carbocycles. The van der Waals surface area contributed by atoms with Gasteiger partial charge in [0, 0.05) is 20.2 Å². The first-order chi connectivity index (χ1) is 8.15. The van der Waals surface area contributed by atoms with Gasteiger partial charge in [-0.15, -0.1) is 0 Å². The second-order valence-electron chi connectivity index (χ2n) is 4.59. The summed E-state index contributed by atoms with van der Waals surface area (Å²) >= 11 is 5.72. The molecule has 4 heteroatoms. The summed E-state index contributed by atoms with van der Waals surface area (Å²) in [5.74, 6) is -0.372. The summed E-state index contributed by atoms with van der Waals surface area (Å²) in [5, 5.41) is 3.51. The van der Waals surface area contributed by atoms with Crippen molar-refractivity contribution in [2.45, 2.75) is 31.4 Å². The van der Waals surface area contributed by atoms with Crippen LogP contribution in [-0.2, 0) is 11.3 Å². The molecule has 1 aliphatic rings. The fourth-order valence-corrected chi connectivity index (χ4v) is 2.31. The van der Waals surface area contributed by atoms with Gasteiger partial charge in [-0.3, -0.25) is 0 Å². The first-order valence-electron chi connectivity index (χ1n) is 5.85. The van der Waals surface area contributed by atoms with Gasteiger partial charge in [0.1, 0.15) is 5.82 Å². The minimum atomic E-state index is -0.372. The van der Waals surface area contributed by atoms with E-state index in [9.17, 15) is 4.39 Å². The van der Waals surface area contributed by atoms with E-state index < -0.39 is 0 Å². The quantitative estimate of drug-likeness (QED) is 0.875. The summed E-state index contributed by atoms with van der Waals surface area (Å²) in [6.07, 6.45) is 3.46. The first-order valence-corrected chi connectivity index (χ1v) is 6.23. The Morgan fingerprint density at radius 2 is 2.24 bits per heavy atom. The second kappa shape index (κ2) is 5.34. The molecule has 0 bridgehead atoms. The minimum Gasteiger partial charge on any atom is -0.377 e. The van der Waals surface area contributed by atoms with E-state index in [1.165, 1.54) is 12.5 Å². The lowest BCUT2D eigenvalue weighted by Gasteiger charge is -2.40. The number of ether oxygens (including phenoxy) is 1.